The largest absolute Gasteiger partial charge is 0.376 e. The van der Waals surface area contributed by atoms with Crippen LogP contribution in [0.15, 0.2) is 36.5 Å². The summed E-state index contributed by atoms with van der Waals surface area (Å²) in [6.45, 7) is 3.33. The Morgan fingerprint density at radius 2 is 2.12 bits per heavy atom. The number of carbonyl (C=O) groups excluding carboxylic acids is 1. The Balaban J connectivity index is 1.64. The number of likely N-dealkylation sites (tertiary alicyclic amines) is 1. The van der Waals surface area contributed by atoms with Gasteiger partial charge in [0.05, 0.1) is 30.9 Å². The molecule has 136 valence electrons. The lowest BCUT2D eigenvalue weighted by Gasteiger charge is -2.34. The van der Waals surface area contributed by atoms with Crippen molar-refractivity contribution < 1.29 is 9.53 Å². The molecule has 0 bridgehead atoms. The molecule has 2 aliphatic heterocycles. The van der Waals surface area contributed by atoms with Crippen molar-refractivity contribution in [1.82, 2.24) is 19.8 Å². The van der Waals surface area contributed by atoms with Gasteiger partial charge in [-0.3, -0.25) is 9.69 Å². The number of ether oxygens (including phenoxy) is 1. The third-order valence-corrected chi connectivity index (χ3v) is 5.33. The van der Waals surface area contributed by atoms with Gasteiger partial charge in [-0.05, 0) is 13.0 Å². The second kappa shape index (κ2) is 6.78. The van der Waals surface area contributed by atoms with E-state index < -0.39 is 0 Å². The molecular weight excluding hydrogens is 328 g/mol. The molecule has 2 aromatic rings. The van der Waals surface area contributed by atoms with Crippen LogP contribution in [0.3, 0.4) is 0 Å². The summed E-state index contributed by atoms with van der Waals surface area (Å²) in [4.78, 5) is 25.4. The van der Waals surface area contributed by atoms with Crippen LogP contribution in [0, 0.1) is 0 Å². The quantitative estimate of drug-likeness (QED) is 0.842. The molecule has 26 heavy (non-hydrogen) atoms. The molecule has 0 saturated carbocycles. The average Bonchev–Trinajstić information content (AvgIpc) is 3.05. The molecule has 1 amide bonds. The molecule has 1 saturated heterocycles. The number of fused-ring (bicyclic) bond motifs is 2. The highest BCUT2D eigenvalue weighted by Gasteiger charge is 2.45. The fourth-order valence-corrected chi connectivity index (χ4v) is 3.86. The van der Waals surface area contributed by atoms with E-state index in [1.807, 2.05) is 36.5 Å². The highest BCUT2D eigenvalue weighted by Crippen LogP contribution is 2.39. The predicted molar refractivity (Wildman–Crippen MR) is 98.6 cm³/mol. The van der Waals surface area contributed by atoms with Gasteiger partial charge in [-0.15, -0.1) is 0 Å². The molecule has 3 heterocycles. The molecule has 0 unspecified atom stereocenters. The van der Waals surface area contributed by atoms with Crippen LogP contribution in [-0.4, -0.2) is 66.0 Å². The molecule has 1 aromatic carbocycles. The van der Waals surface area contributed by atoms with E-state index >= 15 is 0 Å². The molecule has 4 rings (SSSR count). The van der Waals surface area contributed by atoms with Crippen molar-refractivity contribution >= 4 is 5.91 Å². The van der Waals surface area contributed by atoms with Crippen LogP contribution in [0.25, 0.3) is 11.4 Å². The van der Waals surface area contributed by atoms with Gasteiger partial charge in [-0.2, -0.15) is 0 Å². The third kappa shape index (κ3) is 3.10. The van der Waals surface area contributed by atoms with Crippen LogP contribution in [0.5, 0.6) is 0 Å². The van der Waals surface area contributed by atoms with Crippen LogP contribution >= 0.6 is 0 Å². The van der Waals surface area contributed by atoms with Crippen LogP contribution in [0.2, 0.25) is 0 Å². The van der Waals surface area contributed by atoms with Crippen molar-refractivity contribution in [3.63, 3.8) is 0 Å². The number of hydrogen-bond donors (Lipinski definition) is 0. The summed E-state index contributed by atoms with van der Waals surface area (Å²) in [6.07, 6.45) is 2.85. The van der Waals surface area contributed by atoms with Crippen LogP contribution in [-0.2, 0) is 21.6 Å². The van der Waals surface area contributed by atoms with Crippen molar-refractivity contribution in [2.45, 2.75) is 18.4 Å². The average molecular weight is 352 g/mol. The van der Waals surface area contributed by atoms with Crippen molar-refractivity contribution in [2.24, 2.45) is 0 Å². The summed E-state index contributed by atoms with van der Waals surface area (Å²) in [5.41, 5.74) is 3.04. The Morgan fingerprint density at radius 1 is 1.31 bits per heavy atom. The minimum atomic E-state index is -0.146. The summed E-state index contributed by atoms with van der Waals surface area (Å²) in [7, 11) is 3.60. The maximum absolute atomic E-state index is 12.1. The Morgan fingerprint density at radius 3 is 2.88 bits per heavy atom. The predicted octanol–water partition coefficient (Wildman–Crippen LogP) is 1.71. The lowest BCUT2D eigenvalue weighted by molar-refractivity contribution is -0.129. The van der Waals surface area contributed by atoms with Gasteiger partial charge in [0.2, 0.25) is 5.91 Å². The Labute approximate surface area is 153 Å². The van der Waals surface area contributed by atoms with E-state index in [1.54, 1.807) is 19.0 Å². The summed E-state index contributed by atoms with van der Waals surface area (Å²) in [5, 5.41) is 0. The lowest BCUT2D eigenvalue weighted by atomic mass is 9.80. The van der Waals surface area contributed by atoms with Gasteiger partial charge in [0, 0.05) is 38.0 Å². The monoisotopic (exact) mass is 352 g/mol. The van der Waals surface area contributed by atoms with E-state index in [0.29, 0.717) is 19.8 Å². The van der Waals surface area contributed by atoms with Crippen LogP contribution < -0.4 is 0 Å². The second-order valence-electron chi connectivity index (χ2n) is 7.46. The Bertz CT molecular complexity index is 809. The van der Waals surface area contributed by atoms with Gasteiger partial charge in [0.25, 0.3) is 0 Å². The molecule has 0 radical (unpaired) electrons. The summed E-state index contributed by atoms with van der Waals surface area (Å²) in [6, 6.07) is 10.1. The zero-order valence-electron chi connectivity index (χ0n) is 15.3. The first kappa shape index (κ1) is 17.1. The van der Waals surface area contributed by atoms with E-state index in [4.69, 9.17) is 9.72 Å². The number of rotatable bonds is 3. The fraction of sp³-hybridized carbons (Fsp3) is 0.450. The van der Waals surface area contributed by atoms with Crippen molar-refractivity contribution in [3.05, 3.63) is 47.8 Å². The molecule has 0 aliphatic carbocycles. The first-order valence-electron chi connectivity index (χ1n) is 8.99. The van der Waals surface area contributed by atoms with E-state index in [0.717, 1.165) is 42.2 Å². The molecule has 6 nitrogen and oxygen atoms in total. The number of aromatic nitrogens is 2. The number of nitrogens with zero attached hydrogens (tertiary/aromatic N) is 4. The standard InChI is InChI=1S/C20H24N4O2/c1-23(2)17(25)11-24-9-8-20(13-24)14-26-12-16-10-21-19(22-18(16)20)15-6-4-3-5-7-15/h3-7,10H,8-9,11-14H2,1-2H3/t20-/m0/s1. The first-order chi connectivity index (χ1) is 12.6. The van der Waals surface area contributed by atoms with Crippen molar-refractivity contribution in [3.8, 4) is 11.4 Å². The molecular formula is C20H24N4O2. The fourth-order valence-electron chi connectivity index (χ4n) is 3.86. The highest BCUT2D eigenvalue weighted by atomic mass is 16.5. The Hall–Kier alpha value is -2.31. The number of hydrogen-bond acceptors (Lipinski definition) is 5. The van der Waals surface area contributed by atoms with E-state index in [-0.39, 0.29) is 11.3 Å². The molecule has 1 fully saturated rings. The number of carbonyl (C=O) groups is 1. The normalized spacial score (nSPS) is 22.4. The third-order valence-electron chi connectivity index (χ3n) is 5.33. The van der Waals surface area contributed by atoms with E-state index in [2.05, 4.69) is 9.88 Å². The van der Waals surface area contributed by atoms with Crippen molar-refractivity contribution in [2.75, 3.05) is 40.3 Å². The van der Waals surface area contributed by atoms with Gasteiger partial charge < -0.3 is 9.64 Å². The number of likely N-dealkylation sites (N-methyl/N-ethyl adjacent to an activating group) is 1. The maximum atomic E-state index is 12.1. The second-order valence-corrected chi connectivity index (χ2v) is 7.46. The van der Waals surface area contributed by atoms with Gasteiger partial charge in [-0.25, -0.2) is 9.97 Å². The minimum Gasteiger partial charge on any atom is -0.376 e. The van der Waals surface area contributed by atoms with Gasteiger partial charge >= 0.3 is 0 Å². The summed E-state index contributed by atoms with van der Waals surface area (Å²) >= 11 is 0. The van der Waals surface area contributed by atoms with Crippen LogP contribution in [0.1, 0.15) is 17.7 Å². The lowest BCUT2D eigenvalue weighted by Crippen LogP contribution is -2.42. The van der Waals surface area contributed by atoms with Gasteiger partial charge in [-0.1, -0.05) is 30.3 Å². The molecule has 2 aliphatic rings. The zero-order valence-corrected chi connectivity index (χ0v) is 15.3. The van der Waals surface area contributed by atoms with E-state index in [9.17, 15) is 4.79 Å². The van der Waals surface area contributed by atoms with Crippen LogP contribution in [0.4, 0.5) is 0 Å². The van der Waals surface area contributed by atoms with Crippen molar-refractivity contribution in [1.29, 1.82) is 0 Å². The minimum absolute atomic E-state index is 0.131. The molecule has 1 atom stereocenters. The molecule has 1 spiro atoms. The topological polar surface area (TPSA) is 58.6 Å². The van der Waals surface area contributed by atoms with E-state index in [1.165, 1.54) is 0 Å². The zero-order chi connectivity index (χ0) is 18.1. The summed E-state index contributed by atoms with van der Waals surface area (Å²) in [5.74, 6) is 0.889. The smallest absolute Gasteiger partial charge is 0.236 e. The van der Waals surface area contributed by atoms with Gasteiger partial charge in [0.1, 0.15) is 0 Å². The Kier molecular flexibility index (Phi) is 4.46. The molecule has 6 heteroatoms. The first-order valence-corrected chi connectivity index (χ1v) is 8.99. The SMILES string of the molecule is CN(C)C(=O)CN1CC[C@@]2(COCc3cnc(-c4ccccc4)nc32)C1. The maximum Gasteiger partial charge on any atom is 0.236 e. The van der Waals surface area contributed by atoms with Gasteiger partial charge in [0.15, 0.2) is 5.82 Å². The number of benzene rings is 1. The highest BCUT2D eigenvalue weighted by molar-refractivity contribution is 5.77. The molecule has 1 aromatic heterocycles. The molecule has 0 N–H and O–H groups in total. The summed E-state index contributed by atoms with van der Waals surface area (Å²) < 4.78 is 5.88. The number of amides is 1.